The van der Waals surface area contributed by atoms with Crippen LogP contribution >= 0.6 is 0 Å². The Morgan fingerprint density at radius 2 is 2.20 bits per heavy atom. The number of benzene rings is 1. The minimum Gasteiger partial charge on any atom is -0.484 e. The molecule has 20 heavy (non-hydrogen) atoms. The summed E-state index contributed by atoms with van der Waals surface area (Å²) in [5.74, 6) is 0.794. The first-order valence-corrected chi connectivity index (χ1v) is 7.19. The number of hydrogen-bond donors (Lipinski definition) is 1. The molecule has 4 rings (SSSR count). The Morgan fingerprint density at radius 3 is 3.00 bits per heavy atom. The standard InChI is InChI=1S/C16H18N2O2/c1-10-2-5-15-12(6-10)14(19)7-16(20-15)13-8-17-9-18(13)11-3-4-11/h2,5-6,8-9,11,14,16,19H,3-4,7H2,1H3. The number of nitrogens with zero attached hydrogens (tertiary/aromatic N) is 2. The van der Waals surface area contributed by atoms with Crippen molar-refractivity contribution in [1.29, 1.82) is 0 Å². The van der Waals surface area contributed by atoms with Crippen molar-refractivity contribution in [3.05, 3.63) is 47.5 Å². The van der Waals surface area contributed by atoms with Crippen LogP contribution < -0.4 is 4.74 Å². The zero-order chi connectivity index (χ0) is 13.7. The van der Waals surface area contributed by atoms with Crippen molar-refractivity contribution in [2.24, 2.45) is 0 Å². The Labute approximate surface area is 118 Å². The van der Waals surface area contributed by atoms with Crippen LogP contribution in [-0.4, -0.2) is 14.7 Å². The number of fused-ring (bicyclic) bond motifs is 1. The molecule has 104 valence electrons. The number of imidazole rings is 1. The van der Waals surface area contributed by atoms with Gasteiger partial charge in [-0.3, -0.25) is 0 Å². The van der Waals surface area contributed by atoms with Crippen LogP contribution in [0.5, 0.6) is 5.75 Å². The Bertz CT molecular complexity index is 646. The third kappa shape index (κ3) is 1.91. The van der Waals surface area contributed by atoms with Gasteiger partial charge in [-0.2, -0.15) is 0 Å². The molecular weight excluding hydrogens is 252 g/mol. The highest BCUT2D eigenvalue weighted by molar-refractivity contribution is 5.40. The summed E-state index contributed by atoms with van der Waals surface area (Å²) >= 11 is 0. The number of aromatic nitrogens is 2. The molecule has 1 saturated carbocycles. The molecule has 2 heterocycles. The van der Waals surface area contributed by atoms with Crippen LogP contribution in [0.15, 0.2) is 30.7 Å². The topological polar surface area (TPSA) is 47.3 Å². The lowest BCUT2D eigenvalue weighted by molar-refractivity contribution is 0.0617. The van der Waals surface area contributed by atoms with Crippen molar-refractivity contribution in [1.82, 2.24) is 9.55 Å². The second-order valence-corrected chi connectivity index (χ2v) is 5.86. The average molecular weight is 270 g/mol. The zero-order valence-corrected chi connectivity index (χ0v) is 11.5. The average Bonchev–Trinajstić information content (AvgIpc) is 3.17. The largest absolute Gasteiger partial charge is 0.484 e. The molecule has 2 unspecified atom stereocenters. The first kappa shape index (κ1) is 12.0. The van der Waals surface area contributed by atoms with Crippen molar-refractivity contribution in [3.63, 3.8) is 0 Å². The number of hydrogen-bond acceptors (Lipinski definition) is 3. The van der Waals surface area contributed by atoms with E-state index in [-0.39, 0.29) is 6.10 Å². The maximum atomic E-state index is 10.4. The van der Waals surface area contributed by atoms with Gasteiger partial charge in [-0.25, -0.2) is 4.98 Å². The summed E-state index contributed by atoms with van der Waals surface area (Å²) in [6.07, 6.45) is 6.20. The fraction of sp³-hybridized carbons (Fsp3) is 0.438. The van der Waals surface area contributed by atoms with E-state index < -0.39 is 6.10 Å². The highest BCUT2D eigenvalue weighted by Crippen LogP contribution is 2.43. The van der Waals surface area contributed by atoms with Gasteiger partial charge in [0.2, 0.25) is 0 Å². The molecule has 1 N–H and O–H groups in total. The smallest absolute Gasteiger partial charge is 0.143 e. The van der Waals surface area contributed by atoms with E-state index in [1.54, 1.807) is 0 Å². The minimum atomic E-state index is -0.466. The normalized spacial score (nSPS) is 25.1. The fourth-order valence-electron chi connectivity index (χ4n) is 2.97. The summed E-state index contributed by atoms with van der Waals surface area (Å²) in [5.41, 5.74) is 3.13. The molecule has 0 amide bonds. The molecule has 4 nitrogen and oxygen atoms in total. The number of ether oxygens (including phenoxy) is 1. The second kappa shape index (κ2) is 4.35. The third-order valence-electron chi connectivity index (χ3n) is 4.20. The molecule has 1 fully saturated rings. The lowest BCUT2D eigenvalue weighted by Crippen LogP contribution is -2.21. The van der Waals surface area contributed by atoms with Crippen LogP contribution in [0.2, 0.25) is 0 Å². The van der Waals surface area contributed by atoms with Crippen molar-refractivity contribution < 1.29 is 9.84 Å². The second-order valence-electron chi connectivity index (χ2n) is 5.86. The molecule has 1 aliphatic heterocycles. The molecule has 2 atom stereocenters. The summed E-state index contributed by atoms with van der Waals surface area (Å²) in [7, 11) is 0. The predicted octanol–water partition coefficient (Wildman–Crippen LogP) is 3.08. The number of aryl methyl sites for hydroxylation is 1. The van der Waals surface area contributed by atoms with Gasteiger partial charge in [0.1, 0.15) is 11.9 Å². The molecule has 2 aliphatic rings. The van der Waals surface area contributed by atoms with E-state index in [1.807, 2.05) is 37.6 Å². The van der Waals surface area contributed by atoms with Gasteiger partial charge in [-0.1, -0.05) is 11.6 Å². The Kier molecular flexibility index (Phi) is 2.60. The van der Waals surface area contributed by atoms with Crippen LogP contribution in [0.3, 0.4) is 0 Å². The van der Waals surface area contributed by atoms with Crippen LogP contribution in [0.1, 0.15) is 54.3 Å². The van der Waals surface area contributed by atoms with Gasteiger partial charge in [-0.15, -0.1) is 0 Å². The first-order valence-electron chi connectivity index (χ1n) is 7.19. The molecule has 0 radical (unpaired) electrons. The number of rotatable bonds is 2. The van der Waals surface area contributed by atoms with Crippen LogP contribution in [0.25, 0.3) is 0 Å². The van der Waals surface area contributed by atoms with Gasteiger partial charge < -0.3 is 14.4 Å². The maximum absolute atomic E-state index is 10.4. The SMILES string of the molecule is Cc1ccc2c(c1)C(O)CC(c1cncn1C1CC1)O2. The Morgan fingerprint density at radius 1 is 1.35 bits per heavy atom. The molecule has 1 aromatic heterocycles. The fourth-order valence-corrected chi connectivity index (χ4v) is 2.97. The molecule has 1 aromatic carbocycles. The lowest BCUT2D eigenvalue weighted by atomic mass is 9.96. The molecule has 0 bridgehead atoms. The monoisotopic (exact) mass is 270 g/mol. The van der Waals surface area contributed by atoms with Crippen molar-refractivity contribution >= 4 is 0 Å². The highest BCUT2D eigenvalue weighted by Gasteiger charge is 2.33. The van der Waals surface area contributed by atoms with Gasteiger partial charge in [0.15, 0.2) is 0 Å². The van der Waals surface area contributed by atoms with Crippen molar-refractivity contribution in [3.8, 4) is 5.75 Å². The van der Waals surface area contributed by atoms with Gasteiger partial charge >= 0.3 is 0 Å². The third-order valence-corrected chi connectivity index (χ3v) is 4.20. The Balaban J connectivity index is 1.68. The minimum absolute atomic E-state index is 0.108. The molecule has 4 heteroatoms. The summed E-state index contributed by atoms with van der Waals surface area (Å²) in [6, 6.07) is 6.56. The zero-order valence-electron chi connectivity index (χ0n) is 11.5. The molecule has 1 aliphatic carbocycles. The maximum Gasteiger partial charge on any atom is 0.143 e. The lowest BCUT2D eigenvalue weighted by Gasteiger charge is -2.30. The molecule has 0 spiro atoms. The summed E-state index contributed by atoms with van der Waals surface area (Å²) in [5, 5.41) is 10.4. The summed E-state index contributed by atoms with van der Waals surface area (Å²) in [4.78, 5) is 4.26. The van der Waals surface area contributed by atoms with Crippen molar-refractivity contribution in [2.45, 2.75) is 44.4 Å². The highest BCUT2D eigenvalue weighted by atomic mass is 16.5. The number of aliphatic hydroxyl groups is 1. The van der Waals surface area contributed by atoms with Crippen molar-refractivity contribution in [2.75, 3.05) is 0 Å². The van der Waals surface area contributed by atoms with E-state index in [0.717, 1.165) is 22.6 Å². The summed E-state index contributed by atoms with van der Waals surface area (Å²) < 4.78 is 8.30. The quantitative estimate of drug-likeness (QED) is 0.912. The van der Waals surface area contributed by atoms with E-state index in [9.17, 15) is 5.11 Å². The summed E-state index contributed by atoms with van der Waals surface area (Å²) in [6.45, 7) is 2.03. The van der Waals surface area contributed by atoms with E-state index in [2.05, 4.69) is 9.55 Å². The van der Waals surface area contributed by atoms with E-state index in [4.69, 9.17) is 4.74 Å². The van der Waals surface area contributed by atoms with Gasteiger partial charge in [0.05, 0.1) is 24.3 Å². The van der Waals surface area contributed by atoms with Crippen LogP contribution in [-0.2, 0) is 0 Å². The van der Waals surface area contributed by atoms with E-state index >= 15 is 0 Å². The van der Waals surface area contributed by atoms with Gasteiger partial charge in [-0.05, 0) is 31.9 Å². The molecular formula is C16H18N2O2. The first-order chi connectivity index (χ1) is 9.72. The van der Waals surface area contributed by atoms with Crippen LogP contribution in [0, 0.1) is 6.92 Å². The van der Waals surface area contributed by atoms with E-state index in [1.165, 1.54) is 12.8 Å². The predicted molar refractivity (Wildman–Crippen MR) is 74.6 cm³/mol. The van der Waals surface area contributed by atoms with E-state index in [0.29, 0.717) is 12.5 Å². The van der Waals surface area contributed by atoms with Crippen LogP contribution in [0.4, 0.5) is 0 Å². The molecule has 0 saturated heterocycles. The number of aliphatic hydroxyl groups excluding tert-OH is 1. The Hall–Kier alpha value is -1.81. The van der Waals surface area contributed by atoms with Gasteiger partial charge in [0.25, 0.3) is 0 Å². The van der Waals surface area contributed by atoms with Gasteiger partial charge in [0, 0.05) is 18.0 Å². The molecule has 2 aromatic rings.